The quantitative estimate of drug-likeness (QED) is 0.340. The SMILES string of the molecule is C=CC(=O)Cl.ClCCl. The van der Waals surface area contributed by atoms with Crippen molar-refractivity contribution in [2.24, 2.45) is 0 Å². The minimum atomic E-state index is -0.509. The summed E-state index contributed by atoms with van der Waals surface area (Å²) in [6.07, 6.45) is 1.04. The Morgan fingerprint density at radius 3 is 1.75 bits per heavy atom. The van der Waals surface area contributed by atoms with Gasteiger partial charge in [0, 0.05) is 0 Å². The van der Waals surface area contributed by atoms with Crippen molar-refractivity contribution in [3.05, 3.63) is 12.7 Å². The highest BCUT2D eigenvalue weighted by atomic mass is 35.5. The van der Waals surface area contributed by atoms with Crippen molar-refractivity contribution in [2.45, 2.75) is 0 Å². The third kappa shape index (κ3) is 33.7. The van der Waals surface area contributed by atoms with Gasteiger partial charge in [0.15, 0.2) is 0 Å². The lowest BCUT2D eigenvalue weighted by Crippen LogP contribution is -1.67. The number of rotatable bonds is 1. The molecule has 0 aliphatic rings. The van der Waals surface area contributed by atoms with Gasteiger partial charge in [-0.3, -0.25) is 4.79 Å². The summed E-state index contributed by atoms with van der Waals surface area (Å²) in [5.74, 6) is 0. The van der Waals surface area contributed by atoms with Crippen LogP contribution >= 0.6 is 34.8 Å². The number of allylic oxidation sites excluding steroid dienone is 1. The Morgan fingerprint density at radius 1 is 1.62 bits per heavy atom. The molecule has 0 aliphatic heterocycles. The van der Waals surface area contributed by atoms with Gasteiger partial charge < -0.3 is 0 Å². The molecule has 0 bridgehead atoms. The zero-order chi connectivity index (χ0) is 6.99. The molecule has 0 spiro atoms. The molecular weight excluding hydrogens is 170 g/mol. The van der Waals surface area contributed by atoms with Gasteiger partial charge in [-0.15, -0.1) is 23.2 Å². The molecule has 0 saturated carbocycles. The van der Waals surface area contributed by atoms with Crippen molar-refractivity contribution in [3.63, 3.8) is 0 Å². The van der Waals surface area contributed by atoms with Crippen LogP contribution in [0, 0.1) is 0 Å². The van der Waals surface area contributed by atoms with Crippen molar-refractivity contribution in [1.29, 1.82) is 0 Å². The van der Waals surface area contributed by atoms with E-state index in [0.29, 0.717) is 0 Å². The average molecular weight is 175 g/mol. The van der Waals surface area contributed by atoms with E-state index in [1.54, 1.807) is 0 Å². The number of halogens is 3. The fourth-order valence-corrected chi connectivity index (χ4v) is 0. The van der Waals surface area contributed by atoms with Gasteiger partial charge in [0.25, 0.3) is 0 Å². The summed E-state index contributed by atoms with van der Waals surface area (Å²) in [4.78, 5) is 9.46. The summed E-state index contributed by atoms with van der Waals surface area (Å²) in [7, 11) is 0. The Balaban J connectivity index is 0. The molecule has 0 aromatic carbocycles. The lowest BCUT2D eigenvalue weighted by molar-refractivity contribution is -0.107. The second-order valence-electron chi connectivity index (χ2n) is 0.609. The molecule has 1 nitrogen and oxygen atoms in total. The third-order valence-corrected chi connectivity index (χ3v) is 0.315. The van der Waals surface area contributed by atoms with Crippen molar-refractivity contribution >= 4 is 40.0 Å². The van der Waals surface area contributed by atoms with Crippen LogP contribution in [0.5, 0.6) is 0 Å². The van der Waals surface area contributed by atoms with Crippen molar-refractivity contribution in [1.82, 2.24) is 0 Å². The lowest BCUT2D eigenvalue weighted by atomic mass is 10.7. The molecule has 0 heterocycles. The molecule has 4 heteroatoms. The summed E-state index contributed by atoms with van der Waals surface area (Å²) >= 11 is 14.2. The fraction of sp³-hybridized carbons (Fsp3) is 0.250. The van der Waals surface area contributed by atoms with Gasteiger partial charge >= 0.3 is 0 Å². The maximum atomic E-state index is 9.46. The molecule has 0 unspecified atom stereocenters. The van der Waals surface area contributed by atoms with Gasteiger partial charge in [-0.1, -0.05) is 6.58 Å². The number of carbonyl (C=O) groups is 1. The molecule has 0 N–H and O–H groups in total. The van der Waals surface area contributed by atoms with E-state index in [1.165, 1.54) is 0 Å². The summed E-state index contributed by atoms with van der Waals surface area (Å²) in [6.45, 7) is 3.08. The van der Waals surface area contributed by atoms with Crippen LogP contribution in [0.1, 0.15) is 0 Å². The second kappa shape index (κ2) is 10.3. The van der Waals surface area contributed by atoms with Gasteiger partial charge in [0.1, 0.15) is 0 Å². The number of hydrogen-bond donors (Lipinski definition) is 0. The Bertz CT molecular complexity index is 71.7. The molecule has 8 heavy (non-hydrogen) atoms. The van der Waals surface area contributed by atoms with Gasteiger partial charge in [-0.2, -0.15) is 0 Å². The highest BCUT2D eigenvalue weighted by molar-refractivity contribution is 6.66. The molecule has 0 aromatic rings. The molecule has 0 saturated heterocycles. The van der Waals surface area contributed by atoms with E-state index >= 15 is 0 Å². The predicted molar refractivity (Wildman–Crippen MR) is 37.6 cm³/mol. The number of hydrogen-bond acceptors (Lipinski definition) is 1. The van der Waals surface area contributed by atoms with Crippen LogP contribution in [-0.2, 0) is 4.79 Å². The zero-order valence-corrected chi connectivity index (χ0v) is 6.30. The minimum absolute atomic E-state index is 0.194. The van der Waals surface area contributed by atoms with Crippen LogP contribution in [0.3, 0.4) is 0 Å². The van der Waals surface area contributed by atoms with Crippen LogP contribution < -0.4 is 0 Å². The van der Waals surface area contributed by atoms with E-state index in [9.17, 15) is 4.79 Å². The molecule has 0 rings (SSSR count). The number of carbonyl (C=O) groups excluding carboxylic acids is 1. The highest BCUT2D eigenvalue weighted by Gasteiger charge is 1.74. The van der Waals surface area contributed by atoms with Crippen LogP contribution in [0.4, 0.5) is 0 Å². The molecule has 0 aromatic heterocycles. The van der Waals surface area contributed by atoms with Crippen molar-refractivity contribution in [2.75, 3.05) is 5.34 Å². The minimum Gasteiger partial charge on any atom is -0.276 e. The maximum absolute atomic E-state index is 9.46. The first-order valence-corrected chi connectivity index (χ1v) is 3.07. The zero-order valence-electron chi connectivity index (χ0n) is 4.03. The topological polar surface area (TPSA) is 17.1 Å². The van der Waals surface area contributed by atoms with E-state index in [2.05, 4.69) is 6.58 Å². The first kappa shape index (κ1) is 11.1. The Kier molecular flexibility index (Phi) is 14.3. The summed E-state index contributed by atoms with van der Waals surface area (Å²) in [6, 6.07) is 0. The van der Waals surface area contributed by atoms with E-state index in [-0.39, 0.29) is 5.34 Å². The molecule has 0 amide bonds. The van der Waals surface area contributed by atoms with Crippen molar-refractivity contribution in [3.8, 4) is 0 Å². The monoisotopic (exact) mass is 174 g/mol. The Hall–Kier alpha value is 0.280. The normalized spacial score (nSPS) is 6.38. The lowest BCUT2D eigenvalue weighted by Gasteiger charge is -1.59. The predicted octanol–water partition coefficient (Wildman–Crippen LogP) is 2.36. The van der Waals surface area contributed by atoms with Crippen LogP contribution in [0.15, 0.2) is 12.7 Å². The Labute approximate surface area is 63.2 Å². The Morgan fingerprint density at radius 2 is 1.75 bits per heavy atom. The molecule has 0 fully saturated rings. The molecule has 48 valence electrons. The van der Waals surface area contributed by atoms with E-state index in [4.69, 9.17) is 34.8 Å². The van der Waals surface area contributed by atoms with Crippen LogP contribution in [-0.4, -0.2) is 10.6 Å². The molecular formula is C4H5Cl3O. The van der Waals surface area contributed by atoms with Crippen LogP contribution in [0.2, 0.25) is 0 Å². The first-order chi connectivity index (χ1) is 3.68. The average Bonchev–Trinajstić information content (AvgIpc) is 1.69. The van der Waals surface area contributed by atoms with Gasteiger partial charge in [-0.05, 0) is 17.7 Å². The summed E-state index contributed by atoms with van der Waals surface area (Å²) < 4.78 is 0. The van der Waals surface area contributed by atoms with Crippen molar-refractivity contribution < 1.29 is 4.79 Å². The molecule has 0 radical (unpaired) electrons. The highest BCUT2D eigenvalue weighted by Crippen LogP contribution is 1.74. The number of alkyl halides is 2. The van der Waals surface area contributed by atoms with Crippen LogP contribution in [0.25, 0.3) is 0 Å². The van der Waals surface area contributed by atoms with Gasteiger partial charge in [0.2, 0.25) is 5.24 Å². The van der Waals surface area contributed by atoms with Gasteiger partial charge in [0.05, 0.1) is 5.34 Å². The molecule has 0 aliphatic carbocycles. The summed E-state index contributed by atoms with van der Waals surface area (Å²) in [5.41, 5.74) is 0. The third-order valence-electron chi connectivity index (χ3n) is 0.160. The largest absolute Gasteiger partial charge is 0.276 e. The first-order valence-electron chi connectivity index (χ1n) is 1.62. The summed E-state index contributed by atoms with van der Waals surface area (Å²) in [5, 5.41) is -0.315. The van der Waals surface area contributed by atoms with E-state index in [1.807, 2.05) is 0 Å². The fourth-order valence-electron chi connectivity index (χ4n) is 0. The second-order valence-corrected chi connectivity index (χ2v) is 1.79. The molecule has 0 atom stereocenters. The smallest absolute Gasteiger partial charge is 0.244 e. The van der Waals surface area contributed by atoms with E-state index < -0.39 is 5.24 Å². The van der Waals surface area contributed by atoms with E-state index in [0.717, 1.165) is 6.08 Å². The standard InChI is InChI=1S/C3H3ClO.CH2Cl2/c1-2-3(4)5;2-1-3/h2H,1H2;1H2. The van der Waals surface area contributed by atoms with Gasteiger partial charge in [-0.25, -0.2) is 0 Å². The maximum Gasteiger partial charge on any atom is 0.244 e.